The van der Waals surface area contributed by atoms with Crippen LogP contribution in [0.15, 0.2) is 72.8 Å². The molecule has 0 fully saturated rings. The van der Waals surface area contributed by atoms with Gasteiger partial charge in [0.05, 0.1) is 0 Å². The Kier molecular flexibility index (Phi) is 4.57. The SMILES string of the molecule is [CH3][SnH]([CH3])[Zr]([c]1cccc2c1Cc1ccccc1-2)[CH]1C=Cc2ccccc21. The number of benzene rings is 3. The van der Waals surface area contributed by atoms with Gasteiger partial charge in [0.2, 0.25) is 0 Å². The average molecular weight is 521 g/mol. The molecule has 2 heteroatoms. The molecule has 0 aromatic heterocycles. The van der Waals surface area contributed by atoms with Crippen molar-refractivity contribution in [1.29, 1.82) is 0 Å². The minimum atomic E-state index is -1.73. The summed E-state index contributed by atoms with van der Waals surface area (Å²) in [5.41, 5.74) is 9.32. The van der Waals surface area contributed by atoms with Gasteiger partial charge in [0.15, 0.2) is 0 Å². The van der Waals surface area contributed by atoms with Gasteiger partial charge < -0.3 is 0 Å². The standard InChI is InChI=1S/C13H9.C9H7.2CH3.Sn.Zr.H/c1-3-7-12-10(5-1)9-11-6-2-4-8-13(11)12;1-2-5-9-7-3-6-8(9)4-1;;;;;/h1-5,7-8H,9H2;1-7H;2*1H3;;;. The molecule has 0 heterocycles. The fraction of sp³-hybridized carbons (Fsp3) is 0.167. The summed E-state index contributed by atoms with van der Waals surface area (Å²) >= 11 is -3.21. The predicted octanol–water partition coefficient (Wildman–Crippen LogP) is 5.25. The van der Waals surface area contributed by atoms with Crippen LogP contribution in [0.5, 0.6) is 0 Å². The van der Waals surface area contributed by atoms with E-state index in [0.717, 1.165) is 10.0 Å². The molecule has 127 valence electrons. The molecule has 5 rings (SSSR count). The molecule has 0 saturated carbocycles. The van der Waals surface area contributed by atoms with Crippen LogP contribution in [-0.4, -0.2) is 15.2 Å². The Bertz CT molecular complexity index is 1020. The first kappa shape index (κ1) is 17.2. The van der Waals surface area contributed by atoms with Crippen molar-refractivity contribution < 1.29 is 17.6 Å². The molecule has 26 heavy (non-hydrogen) atoms. The normalized spacial score (nSPS) is 16.5. The van der Waals surface area contributed by atoms with Gasteiger partial charge >= 0.3 is 168 Å². The molecule has 0 bridgehead atoms. The maximum atomic E-state index is 2.67. The van der Waals surface area contributed by atoms with Crippen molar-refractivity contribution in [2.45, 2.75) is 19.9 Å². The zero-order valence-electron chi connectivity index (χ0n) is 15.4. The van der Waals surface area contributed by atoms with E-state index < -0.39 is 32.8 Å². The summed E-state index contributed by atoms with van der Waals surface area (Å²) in [5, 5.41) is 0. The number of fused-ring (bicyclic) bond motifs is 4. The molecular weight excluding hydrogens is 498 g/mol. The van der Waals surface area contributed by atoms with E-state index in [1.807, 2.05) is 3.27 Å². The molecule has 1 unspecified atom stereocenters. The Hall–Kier alpha value is -0.918. The van der Waals surface area contributed by atoms with Crippen molar-refractivity contribution in [1.82, 2.24) is 0 Å². The molecule has 3 aromatic carbocycles. The van der Waals surface area contributed by atoms with Crippen LogP contribution in [-0.2, 0) is 24.0 Å². The average Bonchev–Trinajstić information content (AvgIpc) is 3.24. The van der Waals surface area contributed by atoms with Crippen LogP contribution in [0.3, 0.4) is 0 Å². The van der Waals surface area contributed by atoms with Crippen molar-refractivity contribution in [3.05, 3.63) is 95.1 Å². The van der Waals surface area contributed by atoms with Gasteiger partial charge in [0.25, 0.3) is 0 Å². The molecule has 3 aromatic rings. The predicted molar refractivity (Wildman–Crippen MR) is 111 cm³/mol. The zero-order chi connectivity index (χ0) is 17.7. The number of hydrogen-bond acceptors (Lipinski definition) is 0. The first-order valence-corrected chi connectivity index (χ1v) is 30.0. The van der Waals surface area contributed by atoms with Crippen molar-refractivity contribution in [2.75, 3.05) is 0 Å². The minimum absolute atomic E-state index is 0.764. The van der Waals surface area contributed by atoms with Gasteiger partial charge in [-0.15, -0.1) is 0 Å². The van der Waals surface area contributed by atoms with E-state index in [1.165, 1.54) is 22.3 Å². The second-order valence-corrected chi connectivity index (χ2v) is 49.0. The molecule has 0 saturated heterocycles. The molecule has 0 radical (unpaired) electrons. The van der Waals surface area contributed by atoms with E-state index in [-0.39, 0.29) is 0 Å². The van der Waals surface area contributed by atoms with Crippen LogP contribution in [0.2, 0.25) is 9.88 Å². The Morgan fingerprint density at radius 2 is 1.62 bits per heavy atom. The Morgan fingerprint density at radius 1 is 0.846 bits per heavy atom. The number of allylic oxidation sites excluding steroid dienone is 1. The van der Waals surface area contributed by atoms with Crippen LogP contribution in [0.4, 0.5) is 0 Å². The van der Waals surface area contributed by atoms with Crippen molar-refractivity contribution in [3.63, 3.8) is 0 Å². The first-order valence-electron chi connectivity index (χ1n) is 9.58. The van der Waals surface area contributed by atoms with E-state index in [1.54, 1.807) is 11.1 Å². The Labute approximate surface area is 167 Å². The molecular formula is C24H23SnZr. The summed E-state index contributed by atoms with van der Waals surface area (Å²) in [6, 6.07) is 25.4. The Balaban J connectivity index is 1.64. The molecule has 0 N–H and O–H groups in total. The fourth-order valence-electron chi connectivity index (χ4n) is 4.79. The van der Waals surface area contributed by atoms with Gasteiger partial charge in [-0.3, -0.25) is 0 Å². The fourth-order valence-corrected chi connectivity index (χ4v) is 45.3. The summed E-state index contributed by atoms with van der Waals surface area (Å²) in [4.78, 5) is 5.35. The van der Waals surface area contributed by atoms with Crippen molar-refractivity contribution in [3.8, 4) is 11.1 Å². The monoisotopic (exact) mass is 521 g/mol. The van der Waals surface area contributed by atoms with E-state index in [0.29, 0.717) is 0 Å². The summed E-state index contributed by atoms with van der Waals surface area (Å²) in [6.07, 6.45) is 6.12. The van der Waals surface area contributed by atoms with E-state index in [9.17, 15) is 0 Å². The third-order valence-electron chi connectivity index (χ3n) is 5.92. The topological polar surface area (TPSA) is 0 Å². The van der Waals surface area contributed by atoms with Crippen molar-refractivity contribution in [2.24, 2.45) is 0 Å². The summed E-state index contributed by atoms with van der Waals surface area (Å²) in [6.45, 7) is 0. The molecule has 0 spiro atoms. The van der Waals surface area contributed by atoms with Gasteiger partial charge in [-0.2, -0.15) is 0 Å². The molecule has 2 aliphatic carbocycles. The first-order chi connectivity index (χ1) is 12.7. The second-order valence-electron chi connectivity index (χ2n) is 7.74. The quantitative estimate of drug-likeness (QED) is 0.323. The van der Waals surface area contributed by atoms with Gasteiger partial charge in [-0.05, 0) is 0 Å². The van der Waals surface area contributed by atoms with Crippen LogP contribution in [0.1, 0.15) is 25.9 Å². The number of rotatable bonds is 3. The molecule has 1 atom stereocenters. The summed E-state index contributed by atoms with van der Waals surface area (Å²) in [5.74, 6) is 0. The van der Waals surface area contributed by atoms with Gasteiger partial charge in [-0.1, -0.05) is 0 Å². The van der Waals surface area contributed by atoms with Crippen LogP contribution < -0.4 is 3.27 Å². The third kappa shape index (κ3) is 2.74. The van der Waals surface area contributed by atoms with Crippen molar-refractivity contribution >= 4 is 24.6 Å². The van der Waals surface area contributed by atoms with Crippen LogP contribution >= 0.6 is 0 Å². The zero-order valence-corrected chi connectivity index (χ0v) is 21.1. The second kappa shape index (κ2) is 6.91. The number of hydrogen-bond donors (Lipinski definition) is 0. The van der Waals surface area contributed by atoms with E-state index in [2.05, 4.69) is 88.8 Å². The van der Waals surface area contributed by atoms with Gasteiger partial charge in [-0.25, -0.2) is 0 Å². The summed E-state index contributed by atoms with van der Waals surface area (Å²) < 4.78 is 2.60. The maximum absolute atomic E-state index is 2.67. The third-order valence-corrected chi connectivity index (χ3v) is 46.9. The molecule has 2 aliphatic rings. The van der Waals surface area contributed by atoms with Crippen LogP contribution in [0.25, 0.3) is 17.2 Å². The summed E-state index contributed by atoms with van der Waals surface area (Å²) in [7, 11) is 0. The van der Waals surface area contributed by atoms with Crippen LogP contribution in [0, 0.1) is 0 Å². The molecule has 0 aliphatic heterocycles. The Morgan fingerprint density at radius 3 is 2.50 bits per heavy atom. The van der Waals surface area contributed by atoms with Gasteiger partial charge in [0.1, 0.15) is 0 Å². The van der Waals surface area contributed by atoms with Gasteiger partial charge in [0, 0.05) is 0 Å². The molecule has 0 amide bonds. The van der Waals surface area contributed by atoms with E-state index in [4.69, 9.17) is 0 Å². The van der Waals surface area contributed by atoms with E-state index >= 15 is 0 Å². The molecule has 0 nitrogen and oxygen atoms in total.